The summed E-state index contributed by atoms with van der Waals surface area (Å²) in [5.41, 5.74) is -2.04. The molecule has 8 nitrogen and oxygen atoms in total. The lowest BCUT2D eigenvalue weighted by atomic mass is 10.1. The van der Waals surface area contributed by atoms with E-state index in [0.717, 1.165) is 0 Å². The summed E-state index contributed by atoms with van der Waals surface area (Å²) in [6.45, 7) is 3.27. The zero-order valence-electron chi connectivity index (χ0n) is 17.8. The van der Waals surface area contributed by atoms with E-state index in [0.29, 0.717) is 15.2 Å². The Balaban J connectivity index is 2.08. The third-order valence-corrected chi connectivity index (χ3v) is 6.95. The summed E-state index contributed by atoms with van der Waals surface area (Å²) in [5, 5.41) is 5.48. The number of carbonyl (C=O) groups is 2. The fraction of sp³-hybridized carbons (Fsp3) is 0.200. The highest BCUT2D eigenvalue weighted by Crippen LogP contribution is 2.33. The second kappa shape index (κ2) is 10.8. The van der Waals surface area contributed by atoms with E-state index < -0.39 is 40.4 Å². The average molecular weight is 658 g/mol. The van der Waals surface area contributed by atoms with Crippen molar-refractivity contribution in [2.45, 2.75) is 25.3 Å². The van der Waals surface area contributed by atoms with Gasteiger partial charge in [-0.1, -0.05) is 27.5 Å². The zero-order chi connectivity index (χ0) is 26.1. The van der Waals surface area contributed by atoms with Crippen molar-refractivity contribution in [3.8, 4) is 5.82 Å². The van der Waals surface area contributed by atoms with Crippen LogP contribution in [0.15, 0.2) is 45.5 Å². The van der Waals surface area contributed by atoms with Crippen molar-refractivity contribution in [3.63, 3.8) is 0 Å². The third kappa shape index (κ3) is 6.29. The molecule has 1 unspecified atom stereocenters. The molecule has 0 radical (unpaired) electrons. The number of anilines is 1. The molecule has 0 saturated heterocycles. The van der Waals surface area contributed by atoms with Crippen LogP contribution in [0, 0.1) is 0 Å². The molecule has 0 aliphatic carbocycles. The summed E-state index contributed by atoms with van der Waals surface area (Å²) < 4.78 is 56.0. The Bertz CT molecular complexity index is 1330. The number of aromatic nitrogens is 3. The van der Waals surface area contributed by atoms with E-state index in [9.17, 15) is 27.0 Å². The summed E-state index contributed by atoms with van der Waals surface area (Å²) in [4.78, 5) is 29.9. The van der Waals surface area contributed by atoms with Gasteiger partial charge in [-0.25, -0.2) is 13.9 Å². The van der Waals surface area contributed by atoms with E-state index in [-0.39, 0.29) is 31.8 Å². The predicted molar refractivity (Wildman–Crippen MR) is 132 cm³/mol. The Hall–Kier alpha value is -2.29. The molecule has 0 saturated carbocycles. The van der Waals surface area contributed by atoms with E-state index in [1.54, 1.807) is 13.8 Å². The van der Waals surface area contributed by atoms with Crippen molar-refractivity contribution in [2.75, 3.05) is 5.32 Å². The quantitative estimate of drug-likeness (QED) is 0.364. The molecule has 1 aromatic carbocycles. The minimum atomic E-state index is -4.86. The maximum absolute atomic E-state index is 13.4. The SMILES string of the molecule is CC(C)S(=O)NC(=O)c1cc(Br)cc(Br)c1NC(=O)c1cc(C(F)(F)F)nn1-c1ncccc1Cl. The minimum Gasteiger partial charge on any atom is -0.319 e. The van der Waals surface area contributed by atoms with Crippen LogP contribution in [0.2, 0.25) is 5.02 Å². The second-order valence-electron chi connectivity index (χ2n) is 7.17. The van der Waals surface area contributed by atoms with E-state index in [4.69, 9.17) is 11.6 Å². The number of halogens is 6. The summed E-state index contributed by atoms with van der Waals surface area (Å²) in [5.74, 6) is -2.00. The Morgan fingerprint density at radius 1 is 1.17 bits per heavy atom. The molecule has 1 atom stereocenters. The molecule has 3 rings (SSSR count). The van der Waals surface area contributed by atoms with Crippen LogP contribution in [-0.2, 0) is 17.2 Å². The van der Waals surface area contributed by atoms with Gasteiger partial charge in [0.15, 0.2) is 11.5 Å². The molecular formula is C20H15Br2ClF3N5O3S. The van der Waals surface area contributed by atoms with Gasteiger partial charge >= 0.3 is 6.18 Å². The largest absolute Gasteiger partial charge is 0.435 e. The highest BCUT2D eigenvalue weighted by Gasteiger charge is 2.37. The Morgan fingerprint density at radius 2 is 1.86 bits per heavy atom. The first-order chi connectivity index (χ1) is 16.3. The number of hydrogen-bond acceptors (Lipinski definition) is 5. The van der Waals surface area contributed by atoms with Gasteiger partial charge < -0.3 is 5.32 Å². The number of hydrogen-bond donors (Lipinski definition) is 2. The van der Waals surface area contributed by atoms with Crippen LogP contribution in [0.25, 0.3) is 5.82 Å². The van der Waals surface area contributed by atoms with Crippen LogP contribution < -0.4 is 10.0 Å². The van der Waals surface area contributed by atoms with Crippen molar-refractivity contribution in [1.29, 1.82) is 0 Å². The van der Waals surface area contributed by atoms with Crippen LogP contribution in [0.1, 0.15) is 40.4 Å². The van der Waals surface area contributed by atoms with Gasteiger partial charge in [0.2, 0.25) is 0 Å². The number of carbonyl (C=O) groups excluding carboxylic acids is 2. The summed E-state index contributed by atoms with van der Waals surface area (Å²) in [7, 11) is -1.72. The monoisotopic (exact) mass is 655 g/mol. The van der Waals surface area contributed by atoms with E-state index in [1.165, 1.54) is 30.5 Å². The molecule has 2 aromatic heterocycles. The molecule has 186 valence electrons. The molecule has 15 heteroatoms. The first kappa shape index (κ1) is 27.3. The van der Waals surface area contributed by atoms with Gasteiger partial charge in [-0.05, 0) is 54.0 Å². The molecule has 0 spiro atoms. The number of amides is 2. The predicted octanol–water partition coefficient (Wildman–Crippen LogP) is 5.52. The molecule has 2 N–H and O–H groups in total. The van der Waals surface area contributed by atoms with Crippen molar-refractivity contribution >= 4 is 71.9 Å². The fourth-order valence-electron chi connectivity index (χ4n) is 2.70. The van der Waals surface area contributed by atoms with Gasteiger partial charge in [0.05, 0.1) is 16.3 Å². The molecule has 0 aliphatic heterocycles. The highest BCUT2D eigenvalue weighted by atomic mass is 79.9. The highest BCUT2D eigenvalue weighted by molar-refractivity contribution is 9.11. The van der Waals surface area contributed by atoms with E-state index >= 15 is 0 Å². The minimum absolute atomic E-state index is 0.0422. The van der Waals surface area contributed by atoms with Crippen LogP contribution in [0.5, 0.6) is 0 Å². The van der Waals surface area contributed by atoms with Gasteiger partial charge in [0.1, 0.15) is 16.7 Å². The van der Waals surface area contributed by atoms with Gasteiger partial charge in [0, 0.05) is 26.5 Å². The second-order valence-corrected chi connectivity index (χ2v) is 11.1. The molecule has 35 heavy (non-hydrogen) atoms. The van der Waals surface area contributed by atoms with E-state index in [1.807, 2.05) is 0 Å². The lowest BCUT2D eigenvalue weighted by Gasteiger charge is -2.15. The number of pyridine rings is 1. The number of benzene rings is 1. The Morgan fingerprint density at radius 3 is 2.46 bits per heavy atom. The van der Waals surface area contributed by atoms with Crippen LogP contribution in [0.3, 0.4) is 0 Å². The topological polar surface area (TPSA) is 106 Å². The standard InChI is InChI=1S/C20H15Br2ClF3N5O3S/c1-9(2)35(34)30-18(32)11-6-10(21)7-12(22)16(11)28-19(33)14-8-15(20(24,25)26)29-31(14)17-13(23)4-3-5-27-17/h3-9H,1-2H3,(H,28,33)(H,30,32). The summed E-state index contributed by atoms with van der Waals surface area (Å²) in [6.07, 6.45) is -3.58. The third-order valence-electron chi connectivity index (χ3n) is 4.33. The Kier molecular flexibility index (Phi) is 8.40. The molecule has 0 bridgehead atoms. The number of nitrogens with one attached hydrogen (secondary N) is 2. The summed E-state index contributed by atoms with van der Waals surface area (Å²) in [6, 6.07) is 6.26. The first-order valence-corrected chi connectivity index (χ1v) is 12.8. The molecule has 2 amide bonds. The average Bonchev–Trinajstić information content (AvgIpc) is 3.21. The van der Waals surface area contributed by atoms with Crippen molar-refractivity contribution in [3.05, 3.63) is 67.4 Å². The normalized spacial score (nSPS) is 12.5. The number of nitrogens with zero attached hydrogens (tertiary/aromatic N) is 3. The van der Waals surface area contributed by atoms with Crippen LogP contribution in [0.4, 0.5) is 18.9 Å². The van der Waals surface area contributed by atoms with Gasteiger partial charge in [-0.15, -0.1) is 0 Å². The van der Waals surface area contributed by atoms with Crippen LogP contribution >= 0.6 is 43.5 Å². The number of rotatable bonds is 6. The van der Waals surface area contributed by atoms with Crippen molar-refractivity contribution in [1.82, 2.24) is 19.5 Å². The molecule has 3 aromatic rings. The number of alkyl halides is 3. The maximum Gasteiger partial charge on any atom is 0.435 e. The zero-order valence-corrected chi connectivity index (χ0v) is 22.5. The van der Waals surface area contributed by atoms with Crippen LogP contribution in [-0.4, -0.2) is 36.0 Å². The molecule has 2 heterocycles. The molecule has 0 aliphatic rings. The van der Waals surface area contributed by atoms with Gasteiger partial charge in [-0.3, -0.25) is 14.3 Å². The summed E-state index contributed by atoms with van der Waals surface area (Å²) >= 11 is 12.5. The fourth-order valence-corrected chi connectivity index (χ4v) is 4.75. The molecule has 0 fully saturated rings. The maximum atomic E-state index is 13.4. The van der Waals surface area contributed by atoms with Gasteiger partial charge in [0.25, 0.3) is 11.8 Å². The first-order valence-electron chi connectivity index (χ1n) is 9.59. The lowest BCUT2D eigenvalue weighted by molar-refractivity contribution is -0.141. The molecular weight excluding hydrogens is 643 g/mol. The van der Waals surface area contributed by atoms with E-state index in [2.05, 4.69) is 52.0 Å². The van der Waals surface area contributed by atoms with Crippen molar-refractivity contribution in [2.24, 2.45) is 0 Å². The Labute approximate surface area is 221 Å². The van der Waals surface area contributed by atoms with Gasteiger partial charge in [-0.2, -0.15) is 18.3 Å². The smallest absolute Gasteiger partial charge is 0.319 e. The lowest BCUT2D eigenvalue weighted by Crippen LogP contribution is -2.31. The van der Waals surface area contributed by atoms with Crippen molar-refractivity contribution < 1.29 is 27.0 Å².